The second-order valence-corrected chi connectivity index (χ2v) is 4.53. The first-order valence-corrected chi connectivity index (χ1v) is 6.17. The molecule has 3 aromatic rings. The van der Waals surface area contributed by atoms with Gasteiger partial charge in [-0.1, -0.05) is 6.07 Å². The Bertz CT molecular complexity index is 823. The van der Waals surface area contributed by atoms with E-state index in [0.717, 1.165) is 16.8 Å². The van der Waals surface area contributed by atoms with Crippen LogP contribution in [0.4, 0.5) is 0 Å². The Kier molecular flexibility index (Phi) is 2.95. The molecule has 0 unspecified atom stereocenters. The van der Waals surface area contributed by atoms with Crippen molar-refractivity contribution < 1.29 is 4.74 Å². The highest BCUT2D eigenvalue weighted by atomic mass is 16.5. The molecule has 0 saturated heterocycles. The van der Waals surface area contributed by atoms with Crippen LogP contribution in [0, 0.1) is 6.92 Å². The zero-order valence-corrected chi connectivity index (χ0v) is 11.2. The Morgan fingerprint density at radius 2 is 2.05 bits per heavy atom. The summed E-state index contributed by atoms with van der Waals surface area (Å²) >= 11 is 0. The average Bonchev–Trinajstić information content (AvgIpc) is 2.47. The molecular formula is C15H13N3O2. The van der Waals surface area contributed by atoms with Crippen LogP contribution in [0.2, 0.25) is 0 Å². The van der Waals surface area contributed by atoms with Crippen molar-refractivity contribution in [3.8, 4) is 17.0 Å². The van der Waals surface area contributed by atoms with E-state index >= 15 is 0 Å². The summed E-state index contributed by atoms with van der Waals surface area (Å²) in [7, 11) is 1.56. The first-order valence-electron chi connectivity index (χ1n) is 6.17. The first-order chi connectivity index (χ1) is 9.69. The predicted molar refractivity (Wildman–Crippen MR) is 76.9 cm³/mol. The largest absolute Gasteiger partial charge is 0.494 e. The molecule has 1 aromatic carbocycles. The highest BCUT2D eigenvalue weighted by Gasteiger charge is 2.10. The molecular weight excluding hydrogens is 254 g/mol. The molecule has 5 heteroatoms. The first kappa shape index (κ1) is 12.3. The van der Waals surface area contributed by atoms with Crippen LogP contribution in [-0.4, -0.2) is 22.1 Å². The van der Waals surface area contributed by atoms with E-state index < -0.39 is 0 Å². The molecule has 100 valence electrons. The summed E-state index contributed by atoms with van der Waals surface area (Å²) in [6.07, 6.45) is 3.16. The van der Waals surface area contributed by atoms with E-state index in [1.807, 2.05) is 25.1 Å². The maximum absolute atomic E-state index is 11.9. The molecule has 0 saturated carbocycles. The zero-order valence-electron chi connectivity index (χ0n) is 11.2. The number of benzene rings is 1. The molecule has 0 radical (unpaired) electrons. The molecule has 0 amide bonds. The van der Waals surface area contributed by atoms with E-state index in [-0.39, 0.29) is 5.56 Å². The fraction of sp³-hybridized carbons (Fsp3) is 0.133. The molecule has 0 atom stereocenters. The summed E-state index contributed by atoms with van der Waals surface area (Å²) < 4.78 is 5.33. The third-order valence-electron chi connectivity index (χ3n) is 3.14. The van der Waals surface area contributed by atoms with Crippen LogP contribution in [0.1, 0.15) is 5.56 Å². The maximum Gasteiger partial charge on any atom is 0.258 e. The van der Waals surface area contributed by atoms with Crippen LogP contribution in [-0.2, 0) is 0 Å². The Morgan fingerprint density at radius 3 is 2.75 bits per heavy atom. The Balaban J connectivity index is 2.29. The summed E-state index contributed by atoms with van der Waals surface area (Å²) in [5, 5.41) is 0.490. The van der Waals surface area contributed by atoms with Gasteiger partial charge in [0.15, 0.2) is 0 Å². The van der Waals surface area contributed by atoms with Crippen molar-refractivity contribution in [3.63, 3.8) is 0 Å². The summed E-state index contributed by atoms with van der Waals surface area (Å²) in [6.45, 7) is 1.98. The summed E-state index contributed by atoms with van der Waals surface area (Å²) in [6, 6.07) is 7.51. The summed E-state index contributed by atoms with van der Waals surface area (Å²) in [4.78, 5) is 23.0. The maximum atomic E-state index is 11.9. The number of ether oxygens (including phenoxy) is 1. The number of nitrogens with one attached hydrogen (secondary N) is 1. The molecule has 0 fully saturated rings. The molecule has 0 bridgehead atoms. The average molecular weight is 267 g/mol. The number of hydrogen-bond acceptors (Lipinski definition) is 4. The van der Waals surface area contributed by atoms with E-state index in [9.17, 15) is 4.79 Å². The molecule has 1 N–H and O–H groups in total. The number of pyridine rings is 1. The lowest BCUT2D eigenvalue weighted by atomic mass is 10.1. The fourth-order valence-corrected chi connectivity index (χ4v) is 2.09. The van der Waals surface area contributed by atoms with Gasteiger partial charge in [-0.15, -0.1) is 0 Å². The standard InChI is InChI=1S/C15H13N3O2/c1-9-3-4-12(16-7-9)10-5-11-14(13(6-10)20-2)17-8-18-15(11)19/h3-8H,1-2H3,(H,17,18,19). The quantitative estimate of drug-likeness (QED) is 0.773. The minimum atomic E-state index is -0.192. The fourth-order valence-electron chi connectivity index (χ4n) is 2.09. The highest BCUT2D eigenvalue weighted by Crippen LogP contribution is 2.28. The summed E-state index contributed by atoms with van der Waals surface area (Å²) in [5.74, 6) is 0.561. The minimum absolute atomic E-state index is 0.192. The number of aryl methyl sites for hydroxylation is 1. The van der Waals surface area contributed by atoms with Crippen molar-refractivity contribution in [2.45, 2.75) is 6.92 Å². The van der Waals surface area contributed by atoms with Crippen molar-refractivity contribution in [2.75, 3.05) is 7.11 Å². The van der Waals surface area contributed by atoms with Gasteiger partial charge in [0.25, 0.3) is 5.56 Å². The molecule has 2 heterocycles. The van der Waals surface area contributed by atoms with Crippen molar-refractivity contribution >= 4 is 10.9 Å². The number of aromatic nitrogens is 3. The number of aromatic amines is 1. The van der Waals surface area contributed by atoms with Gasteiger partial charge >= 0.3 is 0 Å². The van der Waals surface area contributed by atoms with E-state index in [2.05, 4.69) is 15.0 Å². The zero-order chi connectivity index (χ0) is 14.1. The van der Waals surface area contributed by atoms with E-state index in [1.165, 1.54) is 6.33 Å². The Hall–Kier alpha value is -2.69. The molecule has 0 aliphatic heterocycles. The third-order valence-corrected chi connectivity index (χ3v) is 3.14. The number of methoxy groups -OCH3 is 1. The molecule has 0 spiro atoms. The Labute approximate surface area is 115 Å². The molecule has 2 aromatic heterocycles. The lowest BCUT2D eigenvalue weighted by Crippen LogP contribution is -2.07. The smallest absolute Gasteiger partial charge is 0.258 e. The number of H-pyrrole nitrogens is 1. The van der Waals surface area contributed by atoms with E-state index in [1.54, 1.807) is 19.4 Å². The van der Waals surface area contributed by atoms with E-state index in [4.69, 9.17) is 4.74 Å². The van der Waals surface area contributed by atoms with Crippen LogP contribution < -0.4 is 10.3 Å². The van der Waals surface area contributed by atoms with Gasteiger partial charge in [-0.05, 0) is 30.7 Å². The molecule has 3 rings (SSSR count). The van der Waals surface area contributed by atoms with E-state index in [0.29, 0.717) is 16.7 Å². The molecule has 0 aliphatic carbocycles. The highest BCUT2D eigenvalue weighted by molar-refractivity contribution is 5.88. The van der Waals surface area contributed by atoms with Crippen LogP contribution in [0.5, 0.6) is 5.75 Å². The monoisotopic (exact) mass is 267 g/mol. The van der Waals surface area contributed by atoms with Crippen molar-refractivity contribution in [3.05, 3.63) is 52.7 Å². The van der Waals surface area contributed by atoms with Gasteiger partial charge in [0.05, 0.1) is 24.5 Å². The summed E-state index contributed by atoms with van der Waals surface area (Å²) in [5.41, 5.74) is 3.06. The van der Waals surface area contributed by atoms with Gasteiger partial charge in [-0.2, -0.15) is 0 Å². The second kappa shape index (κ2) is 4.77. The Morgan fingerprint density at radius 1 is 1.20 bits per heavy atom. The van der Waals surface area contributed by atoms with Gasteiger partial charge in [-0.25, -0.2) is 4.98 Å². The topological polar surface area (TPSA) is 67.9 Å². The molecule has 0 aliphatic rings. The van der Waals surface area contributed by atoms with Gasteiger partial charge in [-0.3, -0.25) is 9.78 Å². The minimum Gasteiger partial charge on any atom is -0.494 e. The van der Waals surface area contributed by atoms with Crippen LogP contribution in [0.25, 0.3) is 22.2 Å². The van der Waals surface area contributed by atoms with Gasteiger partial charge in [0, 0.05) is 11.8 Å². The lowest BCUT2D eigenvalue weighted by molar-refractivity contribution is 0.419. The lowest BCUT2D eigenvalue weighted by Gasteiger charge is -2.08. The second-order valence-electron chi connectivity index (χ2n) is 4.53. The SMILES string of the molecule is COc1cc(-c2ccc(C)cn2)cc2c(=O)[nH]cnc12. The van der Waals surface area contributed by atoms with Crippen molar-refractivity contribution in [2.24, 2.45) is 0 Å². The number of rotatable bonds is 2. The van der Waals surface area contributed by atoms with Crippen LogP contribution in [0.3, 0.4) is 0 Å². The molecule has 5 nitrogen and oxygen atoms in total. The van der Waals surface area contributed by atoms with Gasteiger partial charge in [0.1, 0.15) is 11.3 Å². The number of fused-ring (bicyclic) bond motifs is 1. The van der Waals surface area contributed by atoms with Gasteiger partial charge in [0.2, 0.25) is 0 Å². The normalized spacial score (nSPS) is 10.7. The predicted octanol–water partition coefficient (Wildman–Crippen LogP) is 2.30. The molecule has 20 heavy (non-hydrogen) atoms. The van der Waals surface area contributed by atoms with Crippen molar-refractivity contribution in [1.82, 2.24) is 15.0 Å². The van der Waals surface area contributed by atoms with Crippen LogP contribution in [0.15, 0.2) is 41.6 Å². The number of hydrogen-bond donors (Lipinski definition) is 1. The third kappa shape index (κ3) is 2.03. The van der Waals surface area contributed by atoms with Crippen molar-refractivity contribution in [1.29, 1.82) is 0 Å². The number of nitrogens with zero attached hydrogens (tertiary/aromatic N) is 2. The van der Waals surface area contributed by atoms with Crippen LogP contribution >= 0.6 is 0 Å². The van der Waals surface area contributed by atoms with Gasteiger partial charge < -0.3 is 9.72 Å².